The third-order valence-corrected chi connectivity index (χ3v) is 4.52. The Balaban J connectivity index is 1.51. The number of hydrogen-bond acceptors (Lipinski definition) is 4. The number of nitrogens with zero attached hydrogens (tertiary/aromatic N) is 3. The molecule has 2 fully saturated rings. The molecule has 2 aromatic heterocycles. The summed E-state index contributed by atoms with van der Waals surface area (Å²) < 4.78 is 1.82. The van der Waals surface area contributed by atoms with Crippen molar-refractivity contribution in [2.24, 2.45) is 0 Å². The first-order valence-corrected chi connectivity index (χ1v) is 7.16. The van der Waals surface area contributed by atoms with E-state index in [1.54, 1.807) is 0 Å². The predicted molar refractivity (Wildman–Crippen MR) is 74.2 cm³/mol. The molecule has 4 rings (SSSR count). The molecule has 100 valence electrons. The predicted octanol–water partition coefficient (Wildman–Crippen LogP) is 1.82. The highest BCUT2D eigenvalue weighted by atomic mass is 15.3. The van der Waals surface area contributed by atoms with Crippen molar-refractivity contribution < 1.29 is 0 Å². The van der Waals surface area contributed by atoms with Gasteiger partial charge in [-0.25, -0.2) is 4.52 Å². The van der Waals surface area contributed by atoms with Gasteiger partial charge in [0.15, 0.2) is 5.65 Å². The molecule has 1 unspecified atom stereocenters. The molecule has 1 saturated heterocycles. The topological polar surface area (TPSA) is 54.2 Å². The molecule has 0 bridgehead atoms. The van der Waals surface area contributed by atoms with Gasteiger partial charge in [0.05, 0.1) is 0 Å². The SMILES string of the molecule is c1ccn2nc(NC3CCNC4(CCC4)C3)nc2c1. The van der Waals surface area contributed by atoms with Crippen molar-refractivity contribution >= 4 is 11.6 Å². The normalized spacial score (nSPS) is 25.4. The van der Waals surface area contributed by atoms with Gasteiger partial charge in [-0.15, -0.1) is 5.10 Å². The summed E-state index contributed by atoms with van der Waals surface area (Å²) in [6, 6.07) is 6.44. The van der Waals surface area contributed by atoms with Crippen molar-refractivity contribution in [1.82, 2.24) is 19.9 Å². The summed E-state index contributed by atoms with van der Waals surface area (Å²) in [5, 5.41) is 11.7. The van der Waals surface area contributed by atoms with Crippen LogP contribution in [0.3, 0.4) is 0 Å². The highest BCUT2D eigenvalue weighted by molar-refractivity contribution is 5.43. The molecule has 3 heterocycles. The fourth-order valence-electron chi connectivity index (χ4n) is 3.34. The van der Waals surface area contributed by atoms with Gasteiger partial charge in [-0.3, -0.25) is 0 Å². The Morgan fingerprint density at radius 3 is 3.11 bits per heavy atom. The van der Waals surface area contributed by atoms with Crippen LogP contribution in [-0.4, -0.2) is 32.7 Å². The van der Waals surface area contributed by atoms with Crippen LogP contribution in [0, 0.1) is 0 Å². The van der Waals surface area contributed by atoms with E-state index in [1.807, 2.05) is 28.9 Å². The standard InChI is InChI=1S/C14H19N5/c1-2-9-19-12(4-1)17-13(18-19)16-11-5-8-15-14(10-11)6-3-7-14/h1-2,4,9,11,15H,3,5-8,10H2,(H,16,18). The molecule has 2 aliphatic rings. The zero-order valence-corrected chi connectivity index (χ0v) is 11.0. The molecule has 19 heavy (non-hydrogen) atoms. The lowest BCUT2D eigenvalue weighted by atomic mass is 9.70. The number of rotatable bonds is 2. The summed E-state index contributed by atoms with van der Waals surface area (Å²) in [4.78, 5) is 4.52. The molecule has 1 saturated carbocycles. The number of pyridine rings is 1. The smallest absolute Gasteiger partial charge is 0.243 e. The summed E-state index contributed by atoms with van der Waals surface area (Å²) in [5.74, 6) is 0.757. The van der Waals surface area contributed by atoms with Crippen LogP contribution in [0.2, 0.25) is 0 Å². The van der Waals surface area contributed by atoms with E-state index in [0.717, 1.165) is 24.6 Å². The first-order chi connectivity index (χ1) is 9.33. The minimum absolute atomic E-state index is 0.412. The third-order valence-electron chi connectivity index (χ3n) is 4.52. The van der Waals surface area contributed by atoms with E-state index in [4.69, 9.17) is 0 Å². The number of hydrogen-bond donors (Lipinski definition) is 2. The number of piperidine rings is 1. The molecule has 2 aromatic rings. The molecule has 5 nitrogen and oxygen atoms in total. The van der Waals surface area contributed by atoms with Gasteiger partial charge in [-0.1, -0.05) is 6.07 Å². The fourth-order valence-corrected chi connectivity index (χ4v) is 3.34. The van der Waals surface area contributed by atoms with Gasteiger partial charge in [0.25, 0.3) is 0 Å². The first-order valence-electron chi connectivity index (χ1n) is 7.16. The lowest BCUT2D eigenvalue weighted by molar-refractivity contribution is 0.135. The molecule has 0 radical (unpaired) electrons. The van der Waals surface area contributed by atoms with Crippen LogP contribution >= 0.6 is 0 Å². The van der Waals surface area contributed by atoms with Crippen LogP contribution in [0.1, 0.15) is 32.1 Å². The van der Waals surface area contributed by atoms with E-state index in [-0.39, 0.29) is 0 Å². The maximum absolute atomic E-state index is 4.52. The van der Waals surface area contributed by atoms with Crippen molar-refractivity contribution in [3.8, 4) is 0 Å². The monoisotopic (exact) mass is 257 g/mol. The van der Waals surface area contributed by atoms with Gasteiger partial charge in [-0.2, -0.15) is 4.98 Å². The maximum Gasteiger partial charge on any atom is 0.243 e. The third kappa shape index (κ3) is 1.98. The number of nitrogens with one attached hydrogen (secondary N) is 2. The minimum Gasteiger partial charge on any atom is -0.350 e. The quantitative estimate of drug-likeness (QED) is 0.861. The summed E-state index contributed by atoms with van der Waals surface area (Å²) in [5.41, 5.74) is 1.31. The number of anilines is 1. The van der Waals surface area contributed by atoms with Gasteiger partial charge in [0, 0.05) is 17.8 Å². The van der Waals surface area contributed by atoms with E-state index in [1.165, 1.54) is 25.7 Å². The molecule has 0 amide bonds. The zero-order chi connectivity index (χ0) is 12.7. The van der Waals surface area contributed by atoms with E-state index in [0.29, 0.717) is 11.6 Å². The molecular formula is C14H19N5. The van der Waals surface area contributed by atoms with Crippen molar-refractivity contribution in [2.75, 3.05) is 11.9 Å². The largest absolute Gasteiger partial charge is 0.350 e. The Kier molecular flexibility index (Phi) is 2.48. The summed E-state index contributed by atoms with van der Waals surface area (Å²) in [6.07, 6.45) is 8.29. The minimum atomic E-state index is 0.412. The molecule has 0 aromatic carbocycles. The molecule has 2 N–H and O–H groups in total. The van der Waals surface area contributed by atoms with E-state index in [9.17, 15) is 0 Å². The Morgan fingerprint density at radius 2 is 2.32 bits per heavy atom. The van der Waals surface area contributed by atoms with Crippen LogP contribution < -0.4 is 10.6 Å². The lowest BCUT2D eigenvalue weighted by Crippen LogP contribution is -2.58. The molecule has 1 aliphatic carbocycles. The van der Waals surface area contributed by atoms with Gasteiger partial charge in [0.2, 0.25) is 5.95 Å². The Labute approximate surface area is 112 Å². The molecular weight excluding hydrogens is 238 g/mol. The van der Waals surface area contributed by atoms with Gasteiger partial charge >= 0.3 is 0 Å². The van der Waals surface area contributed by atoms with Gasteiger partial charge < -0.3 is 10.6 Å². The van der Waals surface area contributed by atoms with Crippen LogP contribution in [0.15, 0.2) is 24.4 Å². The van der Waals surface area contributed by atoms with Gasteiger partial charge in [0.1, 0.15) is 0 Å². The Bertz CT molecular complexity index is 553. The van der Waals surface area contributed by atoms with E-state index >= 15 is 0 Å². The number of aromatic nitrogens is 3. The average molecular weight is 257 g/mol. The zero-order valence-electron chi connectivity index (χ0n) is 11.0. The summed E-state index contributed by atoms with van der Waals surface area (Å²) in [6.45, 7) is 1.10. The Morgan fingerprint density at radius 1 is 1.37 bits per heavy atom. The highest BCUT2D eigenvalue weighted by Crippen LogP contribution is 2.38. The molecule has 1 atom stereocenters. The average Bonchev–Trinajstić information content (AvgIpc) is 2.79. The summed E-state index contributed by atoms with van der Waals surface area (Å²) >= 11 is 0. The second-order valence-electron chi connectivity index (χ2n) is 5.83. The lowest BCUT2D eigenvalue weighted by Gasteiger charge is -2.48. The van der Waals surface area contributed by atoms with Crippen molar-refractivity contribution in [2.45, 2.75) is 43.7 Å². The first kappa shape index (κ1) is 11.2. The fraction of sp³-hybridized carbons (Fsp3) is 0.571. The number of fused-ring (bicyclic) bond motifs is 1. The highest BCUT2D eigenvalue weighted by Gasteiger charge is 2.41. The van der Waals surface area contributed by atoms with Crippen LogP contribution in [-0.2, 0) is 0 Å². The Hall–Kier alpha value is -1.62. The van der Waals surface area contributed by atoms with E-state index < -0.39 is 0 Å². The van der Waals surface area contributed by atoms with Crippen LogP contribution in [0.5, 0.6) is 0 Å². The summed E-state index contributed by atoms with van der Waals surface area (Å²) in [7, 11) is 0. The molecule has 5 heteroatoms. The van der Waals surface area contributed by atoms with Crippen molar-refractivity contribution in [3.05, 3.63) is 24.4 Å². The van der Waals surface area contributed by atoms with Crippen molar-refractivity contribution in [3.63, 3.8) is 0 Å². The van der Waals surface area contributed by atoms with Crippen molar-refractivity contribution in [1.29, 1.82) is 0 Å². The molecule has 1 spiro atoms. The second-order valence-corrected chi connectivity index (χ2v) is 5.83. The van der Waals surface area contributed by atoms with Crippen LogP contribution in [0.25, 0.3) is 5.65 Å². The van der Waals surface area contributed by atoms with Gasteiger partial charge in [-0.05, 0) is 50.8 Å². The van der Waals surface area contributed by atoms with E-state index in [2.05, 4.69) is 20.7 Å². The van der Waals surface area contributed by atoms with Crippen LogP contribution in [0.4, 0.5) is 5.95 Å². The molecule has 1 aliphatic heterocycles. The second kappa shape index (κ2) is 4.20. The maximum atomic E-state index is 4.52.